The van der Waals surface area contributed by atoms with Crippen molar-refractivity contribution in [3.8, 4) is 16.9 Å². The zero-order valence-electron chi connectivity index (χ0n) is 19.6. The smallest absolute Gasteiger partial charge is 0.410 e. The molecule has 0 fully saturated rings. The molecular weight excluding hydrogens is 479 g/mol. The van der Waals surface area contributed by atoms with Crippen LogP contribution in [0.4, 0.5) is 26.7 Å². The second-order valence-electron chi connectivity index (χ2n) is 8.18. The van der Waals surface area contributed by atoms with Gasteiger partial charge in [-0.25, -0.2) is 13.6 Å². The number of hydrogen-bond acceptors (Lipinski definition) is 2. The van der Waals surface area contributed by atoms with Gasteiger partial charge in [-0.3, -0.25) is 0 Å². The quantitative estimate of drug-likeness (QED) is 0.256. The minimum atomic E-state index is -4.42. The van der Waals surface area contributed by atoms with Crippen LogP contribution in [-0.2, 0) is 12.7 Å². The lowest BCUT2D eigenvalue weighted by Crippen LogP contribution is -2.33. The van der Waals surface area contributed by atoms with Gasteiger partial charge in [0.2, 0.25) is 0 Å². The van der Waals surface area contributed by atoms with E-state index in [1.54, 1.807) is 24.4 Å². The van der Waals surface area contributed by atoms with E-state index in [-0.39, 0.29) is 12.3 Å². The summed E-state index contributed by atoms with van der Waals surface area (Å²) in [7, 11) is 0. The Bertz CT molecular complexity index is 1390. The van der Waals surface area contributed by atoms with Crippen molar-refractivity contribution in [3.05, 3.63) is 89.6 Å². The fourth-order valence-electron chi connectivity index (χ4n) is 4.06. The van der Waals surface area contributed by atoms with E-state index in [1.165, 1.54) is 23.1 Å². The number of alkyl halides is 3. The maximum absolute atomic E-state index is 14.1. The van der Waals surface area contributed by atoms with Gasteiger partial charge in [-0.1, -0.05) is 18.2 Å². The van der Waals surface area contributed by atoms with Crippen LogP contribution in [0.25, 0.3) is 22.0 Å². The number of carbonyl (C=O) groups is 1. The fraction of sp³-hybridized carbons (Fsp3) is 0.222. The van der Waals surface area contributed by atoms with E-state index >= 15 is 0 Å². The Morgan fingerprint density at radius 3 is 2.22 bits per heavy atom. The van der Waals surface area contributed by atoms with Crippen LogP contribution in [0.2, 0.25) is 0 Å². The van der Waals surface area contributed by atoms with Gasteiger partial charge in [0.25, 0.3) is 0 Å². The Morgan fingerprint density at radius 1 is 0.917 bits per heavy atom. The number of fused-ring (bicyclic) bond motifs is 1. The number of benzene rings is 3. The number of nitrogens with zero attached hydrogens (tertiary/aromatic N) is 2. The number of aromatic nitrogens is 1. The van der Waals surface area contributed by atoms with Gasteiger partial charge in [0.05, 0.1) is 5.56 Å². The highest BCUT2D eigenvalue weighted by Crippen LogP contribution is 2.39. The third kappa shape index (κ3) is 5.05. The third-order valence-electron chi connectivity index (χ3n) is 5.98. The number of halogens is 5. The van der Waals surface area contributed by atoms with E-state index in [1.807, 2.05) is 18.4 Å². The van der Waals surface area contributed by atoms with Crippen molar-refractivity contribution in [1.29, 1.82) is 0 Å². The molecule has 0 bridgehead atoms. The Morgan fingerprint density at radius 2 is 1.61 bits per heavy atom. The zero-order chi connectivity index (χ0) is 26.0. The molecule has 3 aromatic carbocycles. The molecule has 0 unspecified atom stereocenters. The Balaban J connectivity index is 1.78. The molecule has 188 valence electrons. The molecule has 9 heteroatoms. The monoisotopic (exact) mass is 502 g/mol. The fourth-order valence-corrected chi connectivity index (χ4v) is 4.06. The van der Waals surface area contributed by atoms with Crippen molar-refractivity contribution >= 4 is 17.0 Å². The first-order chi connectivity index (χ1) is 17.1. The molecule has 1 amide bonds. The number of ether oxygens (including phenoxy) is 1. The first-order valence-electron chi connectivity index (χ1n) is 11.3. The van der Waals surface area contributed by atoms with Gasteiger partial charge in [0, 0.05) is 42.3 Å². The molecule has 36 heavy (non-hydrogen) atoms. The summed E-state index contributed by atoms with van der Waals surface area (Å²) in [5.74, 6) is -1.88. The van der Waals surface area contributed by atoms with Gasteiger partial charge in [-0.2, -0.15) is 13.2 Å². The molecule has 0 saturated carbocycles. The third-order valence-corrected chi connectivity index (χ3v) is 5.98. The van der Waals surface area contributed by atoms with E-state index in [0.29, 0.717) is 40.7 Å². The normalized spacial score (nSPS) is 11.6. The molecule has 0 saturated heterocycles. The molecule has 0 aliphatic carbocycles. The summed E-state index contributed by atoms with van der Waals surface area (Å²) in [4.78, 5) is 14.1. The molecule has 0 spiro atoms. The standard InChI is InChI=1S/C27H23F5N2O2/c1-3-33(4-2)26(35)36-24-12-11-23-20(25(24)18-7-10-21(28)22(29)15-18)13-14-34(23)16-17-5-8-19(9-6-17)27(30,31)32/h5-15H,3-4,16H2,1-2H3. The molecule has 0 aliphatic rings. The molecule has 4 nitrogen and oxygen atoms in total. The summed E-state index contributed by atoms with van der Waals surface area (Å²) in [6, 6.07) is 13.3. The van der Waals surface area contributed by atoms with Crippen LogP contribution in [0.5, 0.6) is 5.75 Å². The largest absolute Gasteiger partial charge is 0.416 e. The number of rotatable bonds is 6. The topological polar surface area (TPSA) is 34.5 Å². The van der Waals surface area contributed by atoms with E-state index in [2.05, 4.69) is 0 Å². The Kier molecular flexibility index (Phi) is 7.01. The Hall–Kier alpha value is -3.88. The van der Waals surface area contributed by atoms with Crippen LogP contribution in [0.15, 0.2) is 66.9 Å². The number of hydrogen-bond donors (Lipinski definition) is 0. The van der Waals surface area contributed by atoms with Gasteiger partial charge >= 0.3 is 12.3 Å². The molecular formula is C27H23F5N2O2. The van der Waals surface area contributed by atoms with E-state index in [4.69, 9.17) is 4.74 Å². The first kappa shape index (κ1) is 25.2. The molecule has 0 atom stereocenters. The van der Waals surface area contributed by atoms with Crippen molar-refractivity contribution in [3.63, 3.8) is 0 Å². The van der Waals surface area contributed by atoms with Crippen LogP contribution in [0.3, 0.4) is 0 Å². The van der Waals surface area contributed by atoms with Crippen LogP contribution >= 0.6 is 0 Å². The summed E-state index contributed by atoms with van der Waals surface area (Å²) in [6.07, 6.45) is -3.26. The van der Waals surface area contributed by atoms with Crippen molar-refractivity contribution in [1.82, 2.24) is 9.47 Å². The van der Waals surface area contributed by atoms with Gasteiger partial charge < -0.3 is 14.2 Å². The Labute approximate surface area is 204 Å². The van der Waals surface area contributed by atoms with Crippen LogP contribution < -0.4 is 4.74 Å². The second kappa shape index (κ2) is 10.0. The summed E-state index contributed by atoms with van der Waals surface area (Å²) >= 11 is 0. The van der Waals surface area contributed by atoms with Gasteiger partial charge in [-0.15, -0.1) is 0 Å². The minimum absolute atomic E-state index is 0.178. The minimum Gasteiger partial charge on any atom is -0.410 e. The van der Waals surface area contributed by atoms with Crippen LogP contribution in [0.1, 0.15) is 25.0 Å². The molecule has 1 heterocycles. The summed E-state index contributed by atoms with van der Waals surface area (Å²) in [6.45, 7) is 4.76. The first-order valence-corrected chi connectivity index (χ1v) is 11.3. The van der Waals surface area contributed by atoms with Crippen molar-refractivity contribution < 1.29 is 31.5 Å². The number of carbonyl (C=O) groups excluding carboxylic acids is 1. The molecule has 0 N–H and O–H groups in total. The van der Waals surface area contributed by atoms with Crippen molar-refractivity contribution in [2.24, 2.45) is 0 Å². The second-order valence-corrected chi connectivity index (χ2v) is 8.18. The lowest BCUT2D eigenvalue weighted by atomic mass is 10.00. The predicted molar refractivity (Wildman–Crippen MR) is 127 cm³/mol. The highest BCUT2D eigenvalue weighted by Gasteiger charge is 2.30. The molecule has 4 rings (SSSR count). The molecule has 0 radical (unpaired) electrons. The maximum atomic E-state index is 14.1. The van der Waals surface area contributed by atoms with Crippen molar-refractivity contribution in [2.75, 3.05) is 13.1 Å². The molecule has 4 aromatic rings. The van der Waals surface area contributed by atoms with E-state index in [0.717, 1.165) is 24.3 Å². The lowest BCUT2D eigenvalue weighted by Gasteiger charge is -2.20. The van der Waals surface area contributed by atoms with Crippen LogP contribution in [0, 0.1) is 11.6 Å². The van der Waals surface area contributed by atoms with Gasteiger partial charge in [-0.05, 0) is 67.4 Å². The average Bonchev–Trinajstić information content (AvgIpc) is 3.24. The number of amides is 1. The summed E-state index contributed by atoms with van der Waals surface area (Å²) in [5.41, 5.74) is 1.31. The average molecular weight is 502 g/mol. The van der Waals surface area contributed by atoms with Gasteiger partial charge in [0.15, 0.2) is 11.6 Å². The van der Waals surface area contributed by atoms with E-state index in [9.17, 15) is 26.7 Å². The summed E-state index contributed by atoms with van der Waals surface area (Å²) < 4.78 is 73.9. The summed E-state index contributed by atoms with van der Waals surface area (Å²) in [5, 5.41) is 0.609. The zero-order valence-corrected chi connectivity index (χ0v) is 19.6. The molecule has 1 aromatic heterocycles. The van der Waals surface area contributed by atoms with Gasteiger partial charge in [0.1, 0.15) is 5.75 Å². The highest BCUT2D eigenvalue weighted by molar-refractivity contribution is 5.99. The molecule has 0 aliphatic heterocycles. The van der Waals surface area contributed by atoms with Crippen LogP contribution in [-0.4, -0.2) is 28.6 Å². The highest BCUT2D eigenvalue weighted by atomic mass is 19.4. The SMILES string of the molecule is CCN(CC)C(=O)Oc1ccc2c(ccn2Cc2ccc(C(F)(F)F)cc2)c1-c1ccc(F)c(F)c1. The maximum Gasteiger partial charge on any atom is 0.416 e. The lowest BCUT2D eigenvalue weighted by molar-refractivity contribution is -0.137. The van der Waals surface area contributed by atoms with Crippen molar-refractivity contribution in [2.45, 2.75) is 26.6 Å². The predicted octanol–water partition coefficient (Wildman–Crippen LogP) is 7.49. The van der Waals surface area contributed by atoms with E-state index < -0.39 is 29.5 Å².